The smallest absolute Gasteiger partial charge is 0.392 e. The third-order valence-corrected chi connectivity index (χ3v) is 2.72. The zero-order valence-electron chi connectivity index (χ0n) is 12.4. The van der Waals surface area contributed by atoms with E-state index in [0.717, 1.165) is 5.56 Å². The molecule has 0 aromatic heterocycles. The number of ether oxygens (including phenoxy) is 2. The Hall–Kier alpha value is -1.76. The van der Waals surface area contributed by atoms with Gasteiger partial charge in [-0.25, -0.2) is 0 Å². The van der Waals surface area contributed by atoms with Crippen molar-refractivity contribution >= 4 is 5.97 Å². The van der Waals surface area contributed by atoms with E-state index >= 15 is 0 Å². The molecule has 0 radical (unpaired) electrons. The van der Waals surface area contributed by atoms with E-state index in [9.17, 15) is 18.0 Å². The minimum Gasteiger partial charge on any atom is -0.493 e. The SMILES string of the molecule is CCOC(=O)CCNCc1ccc(OCCC(F)(F)F)cc1. The lowest BCUT2D eigenvalue weighted by atomic mass is 10.2. The standard InChI is InChI=1S/C15H20F3NO3/c1-2-21-14(20)7-9-19-11-12-3-5-13(6-4-12)22-10-8-15(16,17)18/h3-6,19H,2,7-11H2,1H3. The van der Waals surface area contributed by atoms with Crippen molar-refractivity contribution in [3.8, 4) is 5.75 Å². The first-order chi connectivity index (χ1) is 10.4. The van der Waals surface area contributed by atoms with Crippen LogP contribution in [-0.2, 0) is 16.1 Å². The lowest BCUT2D eigenvalue weighted by molar-refractivity contribution is -0.143. The fourth-order valence-corrected chi connectivity index (χ4v) is 1.64. The van der Waals surface area contributed by atoms with Crippen molar-refractivity contribution in [3.05, 3.63) is 29.8 Å². The van der Waals surface area contributed by atoms with E-state index in [4.69, 9.17) is 9.47 Å². The number of halogens is 3. The van der Waals surface area contributed by atoms with Crippen molar-refractivity contribution in [3.63, 3.8) is 0 Å². The third-order valence-electron chi connectivity index (χ3n) is 2.72. The van der Waals surface area contributed by atoms with Crippen LogP contribution < -0.4 is 10.1 Å². The Balaban J connectivity index is 2.23. The quantitative estimate of drug-likeness (QED) is 0.561. The first-order valence-electron chi connectivity index (χ1n) is 7.05. The monoisotopic (exact) mass is 319 g/mol. The van der Waals surface area contributed by atoms with Gasteiger partial charge in [0, 0.05) is 13.1 Å². The summed E-state index contributed by atoms with van der Waals surface area (Å²) in [6.45, 7) is 2.80. The summed E-state index contributed by atoms with van der Waals surface area (Å²) in [7, 11) is 0. The van der Waals surface area contributed by atoms with E-state index in [0.29, 0.717) is 31.9 Å². The van der Waals surface area contributed by atoms with Gasteiger partial charge in [-0.15, -0.1) is 0 Å². The van der Waals surface area contributed by atoms with Crippen LogP contribution in [0.4, 0.5) is 13.2 Å². The second-order valence-corrected chi connectivity index (χ2v) is 4.59. The van der Waals surface area contributed by atoms with Crippen molar-refractivity contribution < 1.29 is 27.4 Å². The molecule has 0 saturated heterocycles. The molecular weight excluding hydrogens is 299 g/mol. The molecule has 7 heteroatoms. The van der Waals surface area contributed by atoms with E-state index in [-0.39, 0.29) is 12.6 Å². The van der Waals surface area contributed by atoms with Crippen molar-refractivity contribution in [1.29, 1.82) is 0 Å². The number of nitrogens with one attached hydrogen (secondary N) is 1. The molecule has 1 rings (SSSR count). The van der Waals surface area contributed by atoms with Crippen LogP contribution in [-0.4, -0.2) is 31.9 Å². The highest BCUT2D eigenvalue weighted by Gasteiger charge is 2.26. The number of alkyl halides is 3. The Labute approximate surface area is 127 Å². The molecule has 4 nitrogen and oxygen atoms in total. The molecule has 1 aromatic carbocycles. The molecule has 0 spiro atoms. The van der Waals surface area contributed by atoms with Gasteiger partial charge in [-0.3, -0.25) is 4.79 Å². The van der Waals surface area contributed by atoms with Gasteiger partial charge in [-0.05, 0) is 24.6 Å². The van der Waals surface area contributed by atoms with Crippen LogP contribution in [0.5, 0.6) is 5.75 Å². The van der Waals surface area contributed by atoms with Gasteiger partial charge in [-0.1, -0.05) is 12.1 Å². The number of esters is 1. The van der Waals surface area contributed by atoms with E-state index < -0.39 is 12.6 Å². The second-order valence-electron chi connectivity index (χ2n) is 4.59. The molecule has 22 heavy (non-hydrogen) atoms. The van der Waals surface area contributed by atoms with Crippen molar-refractivity contribution in [2.24, 2.45) is 0 Å². The van der Waals surface area contributed by atoms with Gasteiger partial charge in [0.25, 0.3) is 0 Å². The molecule has 0 amide bonds. The molecule has 124 valence electrons. The molecule has 0 heterocycles. The Morgan fingerprint density at radius 2 is 1.91 bits per heavy atom. The van der Waals surface area contributed by atoms with Crippen LogP contribution >= 0.6 is 0 Å². The molecule has 0 unspecified atom stereocenters. The van der Waals surface area contributed by atoms with Gasteiger partial charge in [0.1, 0.15) is 5.75 Å². The average molecular weight is 319 g/mol. The number of hydrogen-bond acceptors (Lipinski definition) is 4. The lowest BCUT2D eigenvalue weighted by Gasteiger charge is -2.09. The fourth-order valence-electron chi connectivity index (χ4n) is 1.64. The summed E-state index contributed by atoms with van der Waals surface area (Å²) in [5, 5.41) is 3.08. The van der Waals surface area contributed by atoms with Crippen LogP contribution in [0, 0.1) is 0 Å². The summed E-state index contributed by atoms with van der Waals surface area (Å²) in [5.74, 6) is 0.155. The fraction of sp³-hybridized carbons (Fsp3) is 0.533. The Kier molecular flexibility index (Phi) is 7.73. The molecule has 1 aromatic rings. The summed E-state index contributed by atoms with van der Waals surface area (Å²) in [4.78, 5) is 11.1. The maximum absolute atomic E-state index is 12.0. The number of carbonyl (C=O) groups excluding carboxylic acids is 1. The van der Waals surface area contributed by atoms with Crippen LogP contribution in [0.2, 0.25) is 0 Å². The van der Waals surface area contributed by atoms with E-state index in [2.05, 4.69) is 5.32 Å². The van der Waals surface area contributed by atoms with Gasteiger partial charge < -0.3 is 14.8 Å². The Morgan fingerprint density at radius 1 is 1.23 bits per heavy atom. The van der Waals surface area contributed by atoms with E-state index in [1.165, 1.54) is 0 Å². The zero-order valence-corrected chi connectivity index (χ0v) is 12.4. The first kappa shape index (κ1) is 18.3. The summed E-state index contributed by atoms with van der Waals surface area (Å²) in [5.41, 5.74) is 0.951. The Morgan fingerprint density at radius 3 is 2.50 bits per heavy atom. The maximum Gasteiger partial charge on any atom is 0.392 e. The van der Waals surface area contributed by atoms with Crippen LogP contribution in [0.3, 0.4) is 0 Å². The first-order valence-corrected chi connectivity index (χ1v) is 7.05. The van der Waals surface area contributed by atoms with Gasteiger partial charge >= 0.3 is 12.1 Å². The highest BCUT2D eigenvalue weighted by molar-refractivity contribution is 5.69. The number of carbonyl (C=O) groups is 1. The predicted octanol–water partition coefficient (Wildman–Crippen LogP) is 3.06. The Bertz CT molecular complexity index is 446. The van der Waals surface area contributed by atoms with Crippen molar-refractivity contribution in [2.45, 2.75) is 32.5 Å². The third kappa shape index (κ3) is 8.51. The number of benzene rings is 1. The molecule has 0 aliphatic heterocycles. The second kappa shape index (κ2) is 9.30. The molecule has 0 saturated carbocycles. The number of hydrogen-bond donors (Lipinski definition) is 1. The molecule has 0 aliphatic carbocycles. The largest absolute Gasteiger partial charge is 0.493 e. The highest BCUT2D eigenvalue weighted by Crippen LogP contribution is 2.20. The average Bonchev–Trinajstić information content (AvgIpc) is 2.44. The van der Waals surface area contributed by atoms with Crippen LogP contribution in [0.15, 0.2) is 24.3 Å². The highest BCUT2D eigenvalue weighted by atomic mass is 19.4. The summed E-state index contributed by atoms with van der Waals surface area (Å²) in [6, 6.07) is 6.78. The normalized spacial score (nSPS) is 11.3. The molecule has 0 atom stereocenters. The van der Waals surface area contributed by atoms with Crippen LogP contribution in [0.1, 0.15) is 25.3 Å². The zero-order chi connectivity index (χ0) is 16.4. The van der Waals surface area contributed by atoms with Gasteiger partial charge in [-0.2, -0.15) is 13.2 Å². The van der Waals surface area contributed by atoms with E-state index in [1.54, 1.807) is 31.2 Å². The minimum absolute atomic E-state index is 0.247. The molecule has 1 N–H and O–H groups in total. The van der Waals surface area contributed by atoms with Crippen LogP contribution in [0.25, 0.3) is 0 Å². The summed E-state index contributed by atoms with van der Waals surface area (Å²) >= 11 is 0. The van der Waals surface area contributed by atoms with E-state index in [1.807, 2.05) is 0 Å². The lowest BCUT2D eigenvalue weighted by Crippen LogP contribution is -2.19. The summed E-state index contributed by atoms with van der Waals surface area (Å²) in [6.07, 6.45) is -4.88. The number of rotatable bonds is 9. The summed E-state index contributed by atoms with van der Waals surface area (Å²) < 4.78 is 45.8. The molecule has 0 aliphatic rings. The molecule has 0 bridgehead atoms. The molecular formula is C15H20F3NO3. The predicted molar refractivity (Wildman–Crippen MR) is 75.6 cm³/mol. The topological polar surface area (TPSA) is 47.6 Å². The molecule has 0 fully saturated rings. The minimum atomic E-state index is -4.21. The van der Waals surface area contributed by atoms with Gasteiger partial charge in [0.2, 0.25) is 0 Å². The van der Waals surface area contributed by atoms with Crippen molar-refractivity contribution in [2.75, 3.05) is 19.8 Å². The van der Waals surface area contributed by atoms with Gasteiger partial charge in [0.05, 0.1) is 26.1 Å². The maximum atomic E-state index is 12.0. The van der Waals surface area contributed by atoms with Gasteiger partial charge in [0.15, 0.2) is 0 Å². The van der Waals surface area contributed by atoms with Crippen molar-refractivity contribution in [1.82, 2.24) is 5.32 Å².